The lowest BCUT2D eigenvalue weighted by molar-refractivity contribution is -0.132. The minimum atomic E-state index is 0.327. The highest BCUT2D eigenvalue weighted by Crippen LogP contribution is 2.18. The van der Waals surface area contributed by atoms with Gasteiger partial charge in [-0.2, -0.15) is 0 Å². The highest BCUT2D eigenvalue weighted by atomic mass is 16.2. The van der Waals surface area contributed by atoms with Crippen molar-refractivity contribution in [1.29, 1.82) is 0 Å². The van der Waals surface area contributed by atoms with E-state index in [4.69, 9.17) is 0 Å². The molecule has 0 aromatic heterocycles. The van der Waals surface area contributed by atoms with Crippen LogP contribution in [0.2, 0.25) is 0 Å². The molecular weight excluding hydrogens is 236 g/mol. The van der Waals surface area contributed by atoms with Crippen LogP contribution < -0.4 is 5.32 Å². The first kappa shape index (κ1) is 14.1. The number of benzene rings is 1. The number of hydrogen-bond acceptors (Lipinski definition) is 2. The predicted molar refractivity (Wildman–Crippen MR) is 78.0 cm³/mol. The minimum Gasteiger partial charge on any atom is -0.338 e. The van der Waals surface area contributed by atoms with Crippen molar-refractivity contribution in [2.45, 2.75) is 38.1 Å². The molecule has 3 nitrogen and oxygen atoms in total. The van der Waals surface area contributed by atoms with Gasteiger partial charge in [-0.15, -0.1) is 0 Å². The normalized spacial score (nSPS) is 18.8. The van der Waals surface area contributed by atoms with E-state index in [1.165, 1.54) is 5.56 Å². The molecule has 1 N–H and O–H groups in total. The zero-order valence-corrected chi connectivity index (χ0v) is 11.8. The second-order valence-electron chi connectivity index (χ2n) is 5.28. The van der Waals surface area contributed by atoms with Crippen molar-refractivity contribution in [2.75, 3.05) is 20.1 Å². The van der Waals surface area contributed by atoms with E-state index < -0.39 is 0 Å². The smallest absolute Gasteiger partial charge is 0.222 e. The van der Waals surface area contributed by atoms with Crippen molar-refractivity contribution >= 4 is 5.91 Å². The van der Waals surface area contributed by atoms with Crippen LogP contribution in [0.1, 0.15) is 31.2 Å². The van der Waals surface area contributed by atoms with Crippen LogP contribution in [0, 0.1) is 0 Å². The van der Waals surface area contributed by atoms with Gasteiger partial charge in [0.1, 0.15) is 0 Å². The fraction of sp³-hybridized carbons (Fsp3) is 0.562. The maximum Gasteiger partial charge on any atom is 0.222 e. The van der Waals surface area contributed by atoms with Crippen LogP contribution in [0.3, 0.4) is 0 Å². The lowest BCUT2D eigenvalue weighted by Gasteiger charge is -2.24. The van der Waals surface area contributed by atoms with Gasteiger partial charge in [0.05, 0.1) is 0 Å². The molecule has 1 aromatic rings. The summed E-state index contributed by atoms with van der Waals surface area (Å²) in [5.74, 6) is 0.327. The molecule has 19 heavy (non-hydrogen) atoms. The van der Waals surface area contributed by atoms with E-state index in [1.54, 1.807) is 0 Å². The van der Waals surface area contributed by atoms with Crippen LogP contribution in [-0.2, 0) is 11.2 Å². The number of nitrogens with one attached hydrogen (secondary N) is 1. The highest BCUT2D eigenvalue weighted by molar-refractivity contribution is 5.76. The average Bonchev–Trinajstić information content (AvgIpc) is 2.89. The van der Waals surface area contributed by atoms with Gasteiger partial charge in [-0.25, -0.2) is 0 Å². The molecule has 1 fully saturated rings. The molecule has 0 bridgehead atoms. The molecule has 1 aromatic carbocycles. The summed E-state index contributed by atoms with van der Waals surface area (Å²) in [6, 6.07) is 10.8. The maximum atomic E-state index is 12.2. The van der Waals surface area contributed by atoms with Gasteiger partial charge in [-0.05, 0) is 38.3 Å². The summed E-state index contributed by atoms with van der Waals surface area (Å²) in [5.41, 5.74) is 1.32. The summed E-state index contributed by atoms with van der Waals surface area (Å²) in [6.45, 7) is 1.86. The Morgan fingerprint density at radius 1 is 1.37 bits per heavy atom. The van der Waals surface area contributed by atoms with Crippen molar-refractivity contribution < 1.29 is 4.79 Å². The summed E-state index contributed by atoms with van der Waals surface area (Å²) in [6.07, 6.45) is 4.92. The van der Waals surface area contributed by atoms with Crippen molar-refractivity contribution in [2.24, 2.45) is 0 Å². The summed E-state index contributed by atoms with van der Waals surface area (Å²) in [4.78, 5) is 14.3. The van der Waals surface area contributed by atoms with Crippen LogP contribution in [0.5, 0.6) is 0 Å². The molecule has 1 unspecified atom stereocenters. The third-order valence-corrected chi connectivity index (χ3v) is 3.84. The first-order valence-corrected chi connectivity index (χ1v) is 7.29. The Bertz CT molecular complexity index is 391. The van der Waals surface area contributed by atoms with E-state index in [-0.39, 0.29) is 0 Å². The number of hydrogen-bond donors (Lipinski definition) is 1. The molecule has 0 radical (unpaired) electrons. The number of aryl methyl sites for hydroxylation is 1. The SMILES string of the molecule is CNCC1CCCN1C(=O)CCCc1ccccc1. The number of rotatable bonds is 6. The monoisotopic (exact) mass is 260 g/mol. The largest absolute Gasteiger partial charge is 0.338 e. The summed E-state index contributed by atoms with van der Waals surface area (Å²) >= 11 is 0. The lowest BCUT2D eigenvalue weighted by atomic mass is 10.1. The zero-order valence-electron chi connectivity index (χ0n) is 11.8. The van der Waals surface area contributed by atoms with E-state index in [9.17, 15) is 4.79 Å². The number of carbonyl (C=O) groups excluding carboxylic acids is 1. The summed E-state index contributed by atoms with van der Waals surface area (Å²) < 4.78 is 0. The van der Waals surface area contributed by atoms with Crippen LogP contribution in [0.15, 0.2) is 30.3 Å². The molecule has 0 spiro atoms. The van der Waals surface area contributed by atoms with Crippen LogP contribution >= 0.6 is 0 Å². The lowest BCUT2D eigenvalue weighted by Crippen LogP contribution is -2.40. The summed E-state index contributed by atoms with van der Waals surface area (Å²) in [5, 5.41) is 3.18. The molecule has 1 aliphatic rings. The molecule has 1 atom stereocenters. The van der Waals surface area contributed by atoms with Crippen LogP contribution in [0.25, 0.3) is 0 Å². The predicted octanol–water partition coefficient (Wildman–Crippen LogP) is 2.22. The Hall–Kier alpha value is -1.35. The fourth-order valence-corrected chi connectivity index (χ4v) is 2.84. The molecule has 0 saturated carbocycles. The Morgan fingerprint density at radius 3 is 2.89 bits per heavy atom. The second kappa shape index (κ2) is 7.29. The van der Waals surface area contributed by atoms with Crippen LogP contribution in [-0.4, -0.2) is 37.0 Å². The fourth-order valence-electron chi connectivity index (χ4n) is 2.84. The van der Waals surface area contributed by atoms with Crippen molar-refractivity contribution in [3.05, 3.63) is 35.9 Å². The van der Waals surface area contributed by atoms with Gasteiger partial charge in [0, 0.05) is 25.6 Å². The number of likely N-dealkylation sites (tertiary alicyclic amines) is 1. The van der Waals surface area contributed by atoms with E-state index >= 15 is 0 Å². The molecular formula is C16H24N2O. The Labute approximate surface area is 116 Å². The van der Waals surface area contributed by atoms with E-state index in [0.717, 1.165) is 38.8 Å². The van der Waals surface area contributed by atoms with Crippen molar-refractivity contribution in [3.8, 4) is 0 Å². The quantitative estimate of drug-likeness (QED) is 0.850. The van der Waals surface area contributed by atoms with Gasteiger partial charge in [-0.3, -0.25) is 4.79 Å². The molecule has 1 amide bonds. The number of amides is 1. The van der Waals surface area contributed by atoms with Gasteiger partial charge in [0.15, 0.2) is 0 Å². The maximum absolute atomic E-state index is 12.2. The van der Waals surface area contributed by atoms with E-state index in [1.807, 2.05) is 13.1 Å². The van der Waals surface area contributed by atoms with Gasteiger partial charge >= 0.3 is 0 Å². The van der Waals surface area contributed by atoms with Gasteiger partial charge in [0.2, 0.25) is 5.91 Å². The topological polar surface area (TPSA) is 32.3 Å². The molecule has 1 aliphatic heterocycles. The van der Waals surface area contributed by atoms with Crippen molar-refractivity contribution in [3.63, 3.8) is 0 Å². The second-order valence-corrected chi connectivity index (χ2v) is 5.28. The Balaban J connectivity index is 1.75. The van der Waals surface area contributed by atoms with Gasteiger partial charge < -0.3 is 10.2 Å². The van der Waals surface area contributed by atoms with Gasteiger partial charge in [-0.1, -0.05) is 30.3 Å². The molecule has 3 heteroatoms. The molecule has 2 rings (SSSR count). The third kappa shape index (κ3) is 4.06. The number of nitrogens with zero attached hydrogens (tertiary/aromatic N) is 1. The molecule has 104 valence electrons. The first-order chi connectivity index (χ1) is 9.31. The Kier molecular flexibility index (Phi) is 5.40. The molecule has 1 heterocycles. The minimum absolute atomic E-state index is 0.327. The Morgan fingerprint density at radius 2 is 2.16 bits per heavy atom. The number of carbonyl (C=O) groups is 1. The van der Waals surface area contributed by atoms with Crippen LogP contribution in [0.4, 0.5) is 0 Å². The molecule has 1 saturated heterocycles. The average molecular weight is 260 g/mol. The van der Waals surface area contributed by atoms with E-state index in [0.29, 0.717) is 18.4 Å². The zero-order chi connectivity index (χ0) is 13.5. The van der Waals surface area contributed by atoms with Gasteiger partial charge in [0.25, 0.3) is 0 Å². The first-order valence-electron chi connectivity index (χ1n) is 7.29. The summed E-state index contributed by atoms with van der Waals surface area (Å²) in [7, 11) is 1.95. The number of likely N-dealkylation sites (N-methyl/N-ethyl adjacent to an activating group) is 1. The molecule has 0 aliphatic carbocycles. The highest BCUT2D eigenvalue weighted by Gasteiger charge is 2.27. The van der Waals surface area contributed by atoms with Crippen molar-refractivity contribution in [1.82, 2.24) is 10.2 Å². The third-order valence-electron chi connectivity index (χ3n) is 3.84. The van der Waals surface area contributed by atoms with E-state index in [2.05, 4.69) is 34.5 Å². The standard InChI is InChI=1S/C16H24N2O/c1-17-13-15-10-6-12-18(15)16(19)11-5-9-14-7-3-2-4-8-14/h2-4,7-8,15,17H,5-6,9-13H2,1H3.